The highest BCUT2D eigenvalue weighted by Gasteiger charge is 2.66. The van der Waals surface area contributed by atoms with Crippen molar-refractivity contribution in [2.75, 3.05) is 32.8 Å². The molecule has 3 unspecified atom stereocenters. The topological polar surface area (TPSA) is 46.1 Å². The number of guanidine groups is 1. The van der Waals surface area contributed by atoms with Gasteiger partial charge in [-0.05, 0) is 57.8 Å². The fourth-order valence-electron chi connectivity index (χ4n) is 5.77. The molecule has 1 spiro atoms. The largest absolute Gasteiger partial charge is 0.378 e. The molecule has 0 radical (unpaired) electrons. The van der Waals surface area contributed by atoms with Gasteiger partial charge in [0.25, 0.3) is 0 Å². The summed E-state index contributed by atoms with van der Waals surface area (Å²) in [4.78, 5) is 7.35. The molecule has 3 saturated carbocycles. The van der Waals surface area contributed by atoms with Crippen LogP contribution in [-0.2, 0) is 9.47 Å². The number of nitrogens with zero attached hydrogens (tertiary/aromatic N) is 2. The minimum Gasteiger partial charge on any atom is -0.378 e. The van der Waals surface area contributed by atoms with Crippen molar-refractivity contribution in [3.05, 3.63) is 0 Å². The van der Waals surface area contributed by atoms with Crippen molar-refractivity contribution in [3.8, 4) is 0 Å². The number of nitrogens with one attached hydrogen (secondary N) is 1. The molecule has 2 heterocycles. The van der Waals surface area contributed by atoms with E-state index < -0.39 is 0 Å². The second kappa shape index (κ2) is 8.34. The molecule has 0 aromatic heterocycles. The van der Waals surface area contributed by atoms with Crippen molar-refractivity contribution in [3.63, 3.8) is 0 Å². The van der Waals surface area contributed by atoms with Crippen LogP contribution in [0.3, 0.4) is 0 Å². The van der Waals surface area contributed by atoms with Gasteiger partial charge >= 0.3 is 0 Å². The van der Waals surface area contributed by atoms with E-state index in [4.69, 9.17) is 14.5 Å². The lowest BCUT2D eigenvalue weighted by Gasteiger charge is -2.63. The Bertz CT molecular complexity index is 542. The Morgan fingerprint density at radius 2 is 1.96 bits per heavy atom. The molecule has 0 bridgehead atoms. The van der Waals surface area contributed by atoms with Crippen molar-refractivity contribution in [1.29, 1.82) is 0 Å². The SMILES string of the molecule is CCN=C(NC1C2CCOC2C12CCC2)N1CCC(OCC2CC2)CC1.I. The van der Waals surface area contributed by atoms with Gasteiger partial charge in [-0.25, -0.2) is 0 Å². The zero-order chi connectivity index (χ0) is 17.6. The minimum atomic E-state index is 0. The van der Waals surface area contributed by atoms with Crippen molar-refractivity contribution in [1.82, 2.24) is 10.2 Å². The molecule has 3 atom stereocenters. The Kier molecular flexibility index (Phi) is 6.24. The van der Waals surface area contributed by atoms with Crippen LogP contribution in [0.1, 0.15) is 58.3 Å². The van der Waals surface area contributed by atoms with Crippen LogP contribution in [0.4, 0.5) is 0 Å². The van der Waals surface area contributed by atoms with Crippen LogP contribution >= 0.6 is 24.0 Å². The maximum Gasteiger partial charge on any atom is 0.194 e. The quantitative estimate of drug-likeness (QED) is 0.365. The monoisotopic (exact) mass is 489 g/mol. The third-order valence-corrected chi connectivity index (χ3v) is 7.63. The van der Waals surface area contributed by atoms with E-state index in [1.54, 1.807) is 0 Å². The molecule has 0 aromatic rings. The highest BCUT2D eigenvalue weighted by Crippen LogP contribution is 2.62. The Morgan fingerprint density at radius 1 is 1.19 bits per heavy atom. The zero-order valence-corrected chi connectivity index (χ0v) is 19.0. The molecule has 1 N–H and O–H groups in total. The Hall–Kier alpha value is -0.0800. The zero-order valence-electron chi connectivity index (χ0n) is 16.7. The van der Waals surface area contributed by atoms with Crippen LogP contribution in [0.25, 0.3) is 0 Å². The molecule has 3 aliphatic carbocycles. The van der Waals surface area contributed by atoms with Crippen molar-refractivity contribution < 1.29 is 9.47 Å². The van der Waals surface area contributed by atoms with Gasteiger partial charge in [-0.15, -0.1) is 24.0 Å². The van der Waals surface area contributed by atoms with E-state index in [0.29, 0.717) is 29.6 Å². The summed E-state index contributed by atoms with van der Waals surface area (Å²) in [6.45, 7) is 7.10. The molecule has 0 aromatic carbocycles. The van der Waals surface area contributed by atoms with Crippen LogP contribution in [0.15, 0.2) is 4.99 Å². The van der Waals surface area contributed by atoms with Gasteiger partial charge < -0.3 is 19.7 Å². The van der Waals surface area contributed by atoms with Crippen LogP contribution in [0.2, 0.25) is 0 Å². The van der Waals surface area contributed by atoms with Gasteiger partial charge in [0.05, 0.1) is 12.2 Å². The van der Waals surface area contributed by atoms with E-state index in [1.165, 1.54) is 38.5 Å². The van der Waals surface area contributed by atoms with E-state index in [9.17, 15) is 0 Å². The standard InChI is InChI=1S/C21H35N3O2.HI/c1-2-22-20(24-11-6-16(7-12-24)26-14-15-4-5-15)23-18-17-8-13-25-19(17)21(18)9-3-10-21;/h15-19H,2-14H2,1H3,(H,22,23);1H. The average molecular weight is 489 g/mol. The maximum absolute atomic E-state index is 6.12. The Balaban J connectivity index is 0.00000180. The smallest absolute Gasteiger partial charge is 0.194 e. The first kappa shape index (κ1) is 20.2. The number of hydrogen-bond donors (Lipinski definition) is 1. The van der Waals surface area contributed by atoms with Gasteiger partial charge in [-0.1, -0.05) is 6.42 Å². The highest BCUT2D eigenvalue weighted by atomic mass is 127. The van der Waals surface area contributed by atoms with Gasteiger partial charge in [0, 0.05) is 50.2 Å². The first-order valence-electron chi connectivity index (χ1n) is 11.1. The maximum atomic E-state index is 6.12. The lowest BCUT2D eigenvalue weighted by atomic mass is 9.46. The molecule has 5 rings (SSSR count). The average Bonchev–Trinajstić information content (AvgIpc) is 3.35. The molecular weight excluding hydrogens is 453 g/mol. The molecule has 2 saturated heterocycles. The predicted octanol–water partition coefficient (Wildman–Crippen LogP) is 3.42. The number of ether oxygens (including phenoxy) is 2. The molecule has 5 aliphatic rings. The second-order valence-corrected chi connectivity index (χ2v) is 9.21. The molecule has 2 aliphatic heterocycles. The predicted molar refractivity (Wildman–Crippen MR) is 118 cm³/mol. The van der Waals surface area contributed by atoms with Crippen molar-refractivity contribution in [2.45, 2.75) is 76.5 Å². The van der Waals surface area contributed by atoms with Crippen molar-refractivity contribution >= 4 is 29.9 Å². The number of piperidine rings is 1. The molecule has 5 nitrogen and oxygen atoms in total. The van der Waals surface area contributed by atoms with Gasteiger partial charge in [-0.3, -0.25) is 4.99 Å². The van der Waals surface area contributed by atoms with Gasteiger partial charge in [0.2, 0.25) is 0 Å². The highest BCUT2D eigenvalue weighted by molar-refractivity contribution is 14.0. The van der Waals surface area contributed by atoms with Crippen LogP contribution in [0, 0.1) is 17.3 Å². The normalized spacial score (nSPS) is 35.2. The van der Waals surface area contributed by atoms with Crippen LogP contribution < -0.4 is 5.32 Å². The summed E-state index contributed by atoms with van der Waals surface area (Å²) in [5, 5.41) is 3.92. The molecule has 154 valence electrons. The van der Waals surface area contributed by atoms with Gasteiger partial charge in [0.1, 0.15) is 0 Å². The third-order valence-electron chi connectivity index (χ3n) is 7.63. The Labute approximate surface area is 181 Å². The number of likely N-dealkylation sites (tertiary alicyclic amines) is 1. The van der Waals surface area contributed by atoms with E-state index in [0.717, 1.165) is 57.6 Å². The van der Waals surface area contributed by atoms with Crippen LogP contribution in [-0.4, -0.2) is 62.0 Å². The molecule has 27 heavy (non-hydrogen) atoms. The summed E-state index contributed by atoms with van der Waals surface area (Å²) in [6.07, 6.45) is 11.3. The van der Waals surface area contributed by atoms with Gasteiger partial charge in [0.15, 0.2) is 5.96 Å². The van der Waals surface area contributed by atoms with Crippen molar-refractivity contribution in [2.24, 2.45) is 22.2 Å². The molecular formula is C21H36IN3O2. The number of hydrogen-bond acceptors (Lipinski definition) is 3. The minimum absolute atomic E-state index is 0. The number of aliphatic imine (C=N–C) groups is 1. The fraction of sp³-hybridized carbons (Fsp3) is 0.952. The van der Waals surface area contributed by atoms with E-state index in [-0.39, 0.29) is 24.0 Å². The van der Waals surface area contributed by atoms with Crippen LogP contribution in [0.5, 0.6) is 0 Å². The third kappa shape index (κ3) is 3.75. The summed E-state index contributed by atoms with van der Waals surface area (Å²) in [5.74, 6) is 2.72. The number of halogens is 1. The molecule has 5 fully saturated rings. The van der Waals surface area contributed by atoms with E-state index in [1.807, 2.05) is 0 Å². The van der Waals surface area contributed by atoms with Gasteiger partial charge in [-0.2, -0.15) is 0 Å². The first-order valence-corrected chi connectivity index (χ1v) is 11.1. The molecule has 6 heteroatoms. The lowest BCUT2D eigenvalue weighted by Crippen LogP contribution is -2.72. The summed E-state index contributed by atoms with van der Waals surface area (Å²) in [7, 11) is 0. The summed E-state index contributed by atoms with van der Waals surface area (Å²) >= 11 is 0. The Morgan fingerprint density at radius 3 is 2.59 bits per heavy atom. The van der Waals surface area contributed by atoms with E-state index >= 15 is 0 Å². The second-order valence-electron chi connectivity index (χ2n) is 9.21. The summed E-state index contributed by atoms with van der Waals surface area (Å²) < 4.78 is 12.2. The fourth-order valence-corrected chi connectivity index (χ4v) is 5.77. The summed E-state index contributed by atoms with van der Waals surface area (Å²) in [5.41, 5.74) is 0.418. The number of rotatable bonds is 5. The van der Waals surface area contributed by atoms with E-state index in [2.05, 4.69) is 17.1 Å². The lowest BCUT2D eigenvalue weighted by molar-refractivity contribution is -0.171. The summed E-state index contributed by atoms with van der Waals surface area (Å²) in [6, 6.07) is 0.581. The number of fused-ring (bicyclic) bond motifs is 2. The molecule has 0 amide bonds. The first-order chi connectivity index (χ1) is 12.8.